The molecule has 0 radical (unpaired) electrons. The van der Waals surface area contributed by atoms with E-state index in [1.165, 1.54) is 18.2 Å². The molecule has 1 aromatic rings. The maximum Gasteiger partial charge on any atom is 0.320 e. The number of aliphatic carboxylic acids is 2. The van der Waals surface area contributed by atoms with Crippen LogP contribution < -0.4 is 22.9 Å². The second-order valence-corrected chi connectivity index (χ2v) is 5.37. The number of hydrogen-bond donors (Lipinski definition) is 8. The quantitative estimate of drug-likeness (QED) is 0.114. The molecule has 26 heavy (non-hydrogen) atoms. The molecule has 0 heterocycles. The molecule has 1 rings (SSSR count). The maximum absolute atomic E-state index is 10.4. The Kier molecular flexibility index (Phi) is 10.1. The summed E-state index contributed by atoms with van der Waals surface area (Å²) < 4.78 is 0. The highest BCUT2D eigenvalue weighted by atomic mass is 16.4. The molecule has 0 amide bonds. The van der Waals surface area contributed by atoms with Crippen molar-refractivity contribution in [1.82, 2.24) is 0 Å². The SMILES string of the molecule is NC(Cc1ccc(O)c(O)c1)C(=O)O.NC(N)=NCCC[C@H](N)C(=O)O. The van der Waals surface area contributed by atoms with Crippen LogP contribution in [0.5, 0.6) is 11.5 Å². The second-order valence-electron chi connectivity index (χ2n) is 5.37. The third-order valence-electron chi connectivity index (χ3n) is 3.10. The van der Waals surface area contributed by atoms with E-state index in [1.807, 2.05) is 0 Å². The first-order valence-corrected chi connectivity index (χ1v) is 7.57. The number of carboxylic acid groups (broad SMARTS) is 2. The van der Waals surface area contributed by atoms with Crippen molar-refractivity contribution in [3.05, 3.63) is 23.8 Å². The average molecular weight is 371 g/mol. The highest BCUT2D eigenvalue weighted by Gasteiger charge is 2.13. The summed E-state index contributed by atoms with van der Waals surface area (Å²) in [5.74, 6) is -2.60. The summed E-state index contributed by atoms with van der Waals surface area (Å²) in [5, 5.41) is 35.0. The van der Waals surface area contributed by atoms with Gasteiger partial charge < -0.3 is 43.4 Å². The summed E-state index contributed by atoms with van der Waals surface area (Å²) >= 11 is 0. The van der Waals surface area contributed by atoms with Crippen molar-refractivity contribution < 1.29 is 30.0 Å². The van der Waals surface area contributed by atoms with E-state index >= 15 is 0 Å². The summed E-state index contributed by atoms with van der Waals surface area (Å²) in [4.78, 5) is 24.3. The lowest BCUT2D eigenvalue weighted by Gasteiger charge is -2.06. The van der Waals surface area contributed by atoms with Gasteiger partial charge in [0.15, 0.2) is 17.5 Å². The van der Waals surface area contributed by atoms with E-state index in [1.54, 1.807) is 0 Å². The third-order valence-corrected chi connectivity index (χ3v) is 3.10. The lowest BCUT2D eigenvalue weighted by atomic mass is 10.1. The first kappa shape index (κ1) is 22.9. The van der Waals surface area contributed by atoms with Crippen molar-refractivity contribution in [3.63, 3.8) is 0 Å². The van der Waals surface area contributed by atoms with Crippen molar-refractivity contribution in [3.8, 4) is 11.5 Å². The zero-order chi connectivity index (χ0) is 20.3. The van der Waals surface area contributed by atoms with Crippen LogP contribution in [0.25, 0.3) is 0 Å². The summed E-state index contributed by atoms with van der Waals surface area (Å²) in [6.45, 7) is 0.420. The summed E-state index contributed by atoms with van der Waals surface area (Å²) in [5.41, 5.74) is 21.2. The fourth-order valence-corrected chi connectivity index (χ4v) is 1.68. The summed E-state index contributed by atoms with van der Waals surface area (Å²) in [7, 11) is 0. The van der Waals surface area contributed by atoms with Crippen molar-refractivity contribution >= 4 is 17.9 Å². The molecule has 0 saturated heterocycles. The molecule has 0 aliphatic rings. The minimum absolute atomic E-state index is 0.0129. The number of benzene rings is 1. The second kappa shape index (κ2) is 11.5. The molecule has 0 aliphatic carbocycles. The molecule has 146 valence electrons. The molecular weight excluding hydrogens is 346 g/mol. The van der Waals surface area contributed by atoms with Gasteiger partial charge in [-0.3, -0.25) is 14.6 Å². The van der Waals surface area contributed by atoms with Gasteiger partial charge in [-0.25, -0.2) is 0 Å². The molecule has 0 aliphatic heterocycles. The van der Waals surface area contributed by atoms with Crippen LogP contribution in [0.2, 0.25) is 0 Å². The fourth-order valence-electron chi connectivity index (χ4n) is 1.68. The third kappa shape index (κ3) is 9.95. The van der Waals surface area contributed by atoms with E-state index in [0.717, 1.165) is 0 Å². The Balaban J connectivity index is 0.000000488. The van der Waals surface area contributed by atoms with Crippen LogP contribution in [0.3, 0.4) is 0 Å². The van der Waals surface area contributed by atoms with Crippen LogP contribution in [0, 0.1) is 0 Å². The number of hydrogen-bond acceptors (Lipinski definition) is 7. The van der Waals surface area contributed by atoms with Crippen LogP contribution in [0.1, 0.15) is 18.4 Å². The number of aliphatic imine (C=N–C) groups is 1. The van der Waals surface area contributed by atoms with Crippen LogP contribution in [0.15, 0.2) is 23.2 Å². The molecule has 0 spiro atoms. The van der Waals surface area contributed by atoms with E-state index < -0.39 is 24.0 Å². The zero-order valence-electron chi connectivity index (χ0n) is 14.1. The van der Waals surface area contributed by atoms with E-state index in [2.05, 4.69) is 4.99 Å². The number of rotatable bonds is 8. The molecule has 0 aromatic heterocycles. The van der Waals surface area contributed by atoms with Gasteiger partial charge in [0.05, 0.1) is 0 Å². The van der Waals surface area contributed by atoms with Crippen LogP contribution in [-0.2, 0) is 16.0 Å². The number of nitrogens with zero attached hydrogens (tertiary/aromatic N) is 1. The molecule has 0 bridgehead atoms. The number of phenolic OH excluding ortho intramolecular Hbond substituents is 2. The number of carbonyl (C=O) groups is 2. The van der Waals surface area contributed by atoms with E-state index in [9.17, 15) is 9.59 Å². The topological polar surface area (TPSA) is 232 Å². The Morgan fingerprint density at radius 2 is 1.58 bits per heavy atom. The van der Waals surface area contributed by atoms with Gasteiger partial charge in [0, 0.05) is 6.54 Å². The van der Waals surface area contributed by atoms with E-state index in [4.69, 9.17) is 43.4 Å². The van der Waals surface area contributed by atoms with Gasteiger partial charge in [-0.05, 0) is 37.0 Å². The van der Waals surface area contributed by atoms with Gasteiger partial charge in [0.25, 0.3) is 0 Å². The molecule has 1 aromatic carbocycles. The lowest BCUT2D eigenvalue weighted by molar-refractivity contribution is -0.139. The van der Waals surface area contributed by atoms with Gasteiger partial charge in [-0.15, -0.1) is 0 Å². The first-order valence-electron chi connectivity index (χ1n) is 7.57. The van der Waals surface area contributed by atoms with E-state index in [-0.39, 0.29) is 23.9 Å². The van der Waals surface area contributed by atoms with Crippen LogP contribution in [-0.4, -0.2) is 57.0 Å². The van der Waals surface area contributed by atoms with Crippen LogP contribution >= 0.6 is 0 Å². The standard InChI is InChI=1S/C9H11NO4.C6H14N4O2/c10-6(9(13)14)3-5-1-2-7(11)8(12)4-5;7-4(5(11)12)2-1-3-10-6(8)9/h1-2,4,6,11-12H,3,10H2,(H,13,14);4H,1-3,7H2,(H,11,12)(H4,8,9,10)/t;4-/m.0/s1. The van der Waals surface area contributed by atoms with Crippen molar-refractivity contribution in [2.45, 2.75) is 31.3 Å². The highest BCUT2D eigenvalue weighted by Crippen LogP contribution is 2.25. The molecule has 11 heteroatoms. The van der Waals surface area contributed by atoms with Crippen molar-refractivity contribution in [2.75, 3.05) is 6.54 Å². The molecule has 0 saturated carbocycles. The highest BCUT2D eigenvalue weighted by molar-refractivity contribution is 5.75. The Morgan fingerprint density at radius 3 is 2.04 bits per heavy atom. The van der Waals surface area contributed by atoms with Gasteiger partial charge in [-0.2, -0.15) is 0 Å². The number of nitrogens with two attached hydrogens (primary N) is 4. The normalized spacial score (nSPS) is 12.2. The smallest absolute Gasteiger partial charge is 0.320 e. The number of phenols is 2. The maximum atomic E-state index is 10.4. The van der Waals surface area contributed by atoms with Crippen molar-refractivity contribution in [2.24, 2.45) is 27.9 Å². The molecule has 2 atom stereocenters. The lowest BCUT2D eigenvalue weighted by Crippen LogP contribution is -2.32. The predicted octanol–water partition coefficient (Wildman–Crippen LogP) is -1.50. The van der Waals surface area contributed by atoms with Gasteiger partial charge in [0.2, 0.25) is 0 Å². The Bertz CT molecular complexity index is 633. The zero-order valence-corrected chi connectivity index (χ0v) is 14.1. The molecular formula is C15H25N5O6. The average Bonchev–Trinajstić information content (AvgIpc) is 2.55. The number of guanidine groups is 1. The largest absolute Gasteiger partial charge is 0.504 e. The van der Waals surface area contributed by atoms with Crippen molar-refractivity contribution in [1.29, 1.82) is 0 Å². The Labute approximate surface area is 149 Å². The van der Waals surface area contributed by atoms with Gasteiger partial charge >= 0.3 is 11.9 Å². The fraction of sp³-hybridized carbons (Fsp3) is 0.400. The monoisotopic (exact) mass is 371 g/mol. The number of carboxylic acids is 2. The summed E-state index contributed by atoms with van der Waals surface area (Å²) in [6.07, 6.45) is 1.07. The van der Waals surface area contributed by atoms with E-state index in [0.29, 0.717) is 24.9 Å². The van der Waals surface area contributed by atoms with Crippen LogP contribution in [0.4, 0.5) is 0 Å². The minimum Gasteiger partial charge on any atom is -0.504 e. The Hall–Kier alpha value is -3.05. The predicted molar refractivity (Wildman–Crippen MR) is 94.6 cm³/mol. The molecule has 0 fully saturated rings. The first-order chi connectivity index (χ1) is 12.0. The molecule has 12 N–H and O–H groups in total. The summed E-state index contributed by atoms with van der Waals surface area (Å²) in [6, 6.07) is 2.27. The number of aromatic hydroxyl groups is 2. The molecule has 1 unspecified atom stereocenters. The van der Waals surface area contributed by atoms with Gasteiger partial charge in [0.1, 0.15) is 12.1 Å². The Morgan fingerprint density at radius 1 is 1.00 bits per heavy atom. The van der Waals surface area contributed by atoms with Gasteiger partial charge in [-0.1, -0.05) is 6.07 Å². The molecule has 11 nitrogen and oxygen atoms in total. The minimum atomic E-state index is -1.10.